The molecule has 0 aliphatic rings. The third-order valence-corrected chi connectivity index (χ3v) is 4.81. The first-order valence-corrected chi connectivity index (χ1v) is 11.2. The number of nitrogens with zero attached hydrogens (tertiary/aromatic N) is 2. The number of hydrogen-bond donors (Lipinski definition) is 1. The molecule has 0 unspecified atom stereocenters. The molecule has 1 amide bonds. The normalized spacial score (nSPS) is 10.9. The van der Waals surface area contributed by atoms with Crippen LogP contribution in [0.25, 0.3) is 0 Å². The average molecular weight is 426 g/mol. The van der Waals surface area contributed by atoms with Crippen LogP contribution < -0.4 is 15.3 Å². The summed E-state index contributed by atoms with van der Waals surface area (Å²) >= 11 is 0. The van der Waals surface area contributed by atoms with Gasteiger partial charge in [-0.1, -0.05) is 13.8 Å². The molecule has 0 spiro atoms. The van der Waals surface area contributed by atoms with Gasteiger partial charge in [0, 0.05) is 18.7 Å². The summed E-state index contributed by atoms with van der Waals surface area (Å²) in [7, 11) is 0. The Morgan fingerprint density at radius 3 is 1.87 bits per heavy atom. The molecular weight excluding hydrogens is 390 g/mol. The van der Waals surface area contributed by atoms with E-state index in [1.807, 2.05) is 53.4 Å². The highest BCUT2D eigenvalue weighted by Gasteiger charge is 2.14. The van der Waals surface area contributed by atoms with E-state index in [2.05, 4.69) is 18.9 Å². The molecule has 0 radical (unpaired) electrons. The molecule has 0 fully saturated rings. The molecule has 0 saturated heterocycles. The third kappa shape index (κ3) is 8.70. The molecule has 0 bridgehead atoms. The monoisotopic (exact) mass is 425 g/mol. The van der Waals surface area contributed by atoms with Crippen molar-refractivity contribution in [3.8, 4) is 11.5 Å². The van der Waals surface area contributed by atoms with E-state index in [1.54, 1.807) is 6.21 Å². The Balaban J connectivity index is 1.63. The largest absolute Gasteiger partial charge is 0.494 e. The van der Waals surface area contributed by atoms with Crippen LogP contribution in [0.1, 0.15) is 61.9 Å². The molecule has 0 aliphatic carbocycles. The van der Waals surface area contributed by atoms with Gasteiger partial charge in [-0.2, -0.15) is 5.10 Å². The number of nitrogens with two attached hydrogens (primary N) is 1. The lowest BCUT2D eigenvalue weighted by Gasteiger charge is -2.21. The molecular formula is C25H35N3O3. The number of rotatable bonds is 14. The van der Waals surface area contributed by atoms with Crippen molar-refractivity contribution >= 4 is 12.1 Å². The van der Waals surface area contributed by atoms with Gasteiger partial charge in [0.05, 0.1) is 19.4 Å². The molecule has 0 aliphatic heterocycles. The Bertz CT molecular complexity index is 783. The Kier molecular flexibility index (Phi) is 11.0. The van der Waals surface area contributed by atoms with Crippen LogP contribution in [0.4, 0.5) is 0 Å². The van der Waals surface area contributed by atoms with Gasteiger partial charge in [0.25, 0.3) is 5.91 Å². The van der Waals surface area contributed by atoms with Crippen LogP contribution in [-0.2, 0) is 0 Å². The fraction of sp³-hybridized carbons (Fsp3) is 0.440. The van der Waals surface area contributed by atoms with Crippen molar-refractivity contribution in [3.05, 3.63) is 59.7 Å². The highest BCUT2D eigenvalue weighted by Crippen LogP contribution is 2.15. The molecule has 2 rings (SSSR count). The molecule has 0 saturated carbocycles. The first-order valence-electron chi connectivity index (χ1n) is 11.2. The van der Waals surface area contributed by atoms with Gasteiger partial charge in [-0.05, 0) is 86.2 Å². The van der Waals surface area contributed by atoms with Crippen molar-refractivity contribution in [2.24, 2.45) is 10.9 Å². The molecule has 2 aromatic rings. The lowest BCUT2D eigenvalue weighted by molar-refractivity contribution is 0.0755. The zero-order valence-corrected chi connectivity index (χ0v) is 18.8. The van der Waals surface area contributed by atoms with Gasteiger partial charge in [0.15, 0.2) is 0 Å². The van der Waals surface area contributed by atoms with Crippen LogP contribution in [0.5, 0.6) is 11.5 Å². The van der Waals surface area contributed by atoms with Crippen LogP contribution in [0.2, 0.25) is 0 Å². The molecule has 168 valence electrons. The lowest BCUT2D eigenvalue weighted by Crippen LogP contribution is -2.32. The quantitative estimate of drug-likeness (QED) is 0.203. The van der Waals surface area contributed by atoms with E-state index >= 15 is 0 Å². The SMILES string of the molecule is CCCN(CCC)C(=O)c1ccc(OCCCCCOc2ccc(C=NN)cc2)cc1. The Morgan fingerprint density at radius 1 is 0.871 bits per heavy atom. The predicted octanol–water partition coefficient (Wildman–Crippen LogP) is 4.87. The molecule has 0 atom stereocenters. The number of hydrogen-bond acceptors (Lipinski definition) is 5. The maximum Gasteiger partial charge on any atom is 0.253 e. The van der Waals surface area contributed by atoms with E-state index in [9.17, 15) is 4.79 Å². The maximum absolute atomic E-state index is 12.6. The average Bonchev–Trinajstić information content (AvgIpc) is 2.79. The van der Waals surface area contributed by atoms with E-state index in [-0.39, 0.29) is 5.91 Å². The zero-order valence-electron chi connectivity index (χ0n) is 18.8. The van der Waals surface area contributed by atoms with Gasteiger partial charge in [0.2, 0.25) is 0 Å². The van der Waals surface area contributed by atoms with Crippen molar-refractivity contribution in [2.45, 2.75) is 46.0 Å². The summed E-state index contributed by atoms with van der Waals surface area (Å²) in [5.41, 5.74) is 1.67. The molecule has 6 heteroatoms. The van der Waals surface area contributed by atoms with Crippen LogP contribution in [0, 0.1) is 0 Å². The summed E-state index contributed by atoms with van der Waals surface area (Å²) in [6, 6.07) is 15.1. The smallest absolute Gasteiger partial charge is 0.253 e. The highest BCUT2D eigenvalue weighted by atomic mass is 16.5. The third-order valence-electron chi connectivity index (χ3n) is 4.81. The molecule has 0 heterocycles. The first-order chi connectivity index (χ1) is 15.2. The topological polar surface area (TPSA) is 77.2 Å². The standard InChI is InChI=1S/C25H35N3O3/c1-3-16-28(17-4-2)25(29)22-10-14-24(15-11-22)31-19-7-5-6-18-30-23-12-8-21(9-13-23)20-27-26/h8-15,20H,3-7,16-19,26H2,1-2H3. The summed E-state index contributed by atoms with van der Waals surface area (Å²) in [5, 5.41) is 3.50. The van der Waals surface area contributed by atoms with Crippen molar-refractivity contribution in [1.29, 1.82) is 0 Å². The number of ether oxygens (including phenoxy) is 2. The van der Waals surface area contributed by atoms with Gasteiger partial charge < -0.3 is 20.2 Å². The van der Waals surface area contributed by atoms with Crippen molar-refractivity contribution < 1.29 is 14.3 Å². The molecule has 6 nitrogen and oxygen atoms in total. The van der Waals surface area contributed by atoms with Gasteiger partial charge >= 0.3 is 0 Å². The number of carbonyl (C=O) groups excluding carboxylic acids is 1. The second kappa shape index (κ2) is 14.1. The van der Waals surface area contributed by atoms with Gasteiger partial charge in [-0.25, -0.2) is 0 Å². The minimum atomic E-state index is 0.0948. The Morgan fingerprint density at radius 2 is 1.39 bits per heavy atom. The van der Waals surface area contributed by atoms with Crippen molar-refractivity contribution in [1.82, 2.24) is 4.90 Å². The minimum absolute atomic E-state index is 0.0948. The Hall–Kier alpha value is -3.02. The molecule has 31 heavy (non-hydrogen) atoms. The predicted molar refractivity (Wildman–Crippen MR) is 126 cm³/mol. The molecule has 0 aromatic heterocycles. The molecule has 2 aromatic carbocycles. The fourth-order valence-electron chi connectivity index (χ4n) is 3.23. The maximum atomic E-state index is 12.6. The van der Waals surface area contributed by atoms with Crippen LogP contribution in [-0.4, -0.2) is 43.3 Å². The van der Waals surface area contributed by atoms with Gasteiger partial charge in [0.1, 0.15) is 11.5 Å². The van der Waals surface area contributed by atoms with E-state index in [1.165, 1.54) is 0 Å². The first kappa shape index (κ1) is 24.3. The Labute approximate surface area is 186 Å². The van der Waals surface area contributed by atoms with Crippen LogP contribution >= 0.6 is 0 Å². The number of hydrazone groups is 1. The van der Waals surface area contributed by atoms with E-state index in [0.717, 1.165) is 67.8 Å². The minimum Gasteiger partial charge on any atom is -0.494 e. The lowest BCUT2D eigenvalue weighted by atomic mass is 10.2. The summed E-state index contributed by atoms with van der Waals surface area (Å²) in [4.78, 5) is 14.5. The number of benzene rings is 2. The second-order valence-corrected chi connectivity index (χ2v) is 7.42. The second-order valence-electron chi connectivity index (χ2n) is 7.42. The van der Waals surface area contributed by atoms with Crippen molar-refractivity contribution in [3.63, 3.8) is 0 Å². The number of amides is 1. The van der Waals surface area contributed by atoms with E-state index < -0.39 is 0 Å². The zero-order chi connectivity index (χ0) is 22.3. The fourth-order valence-corrected chi connectivity index (χ4v) is 3.23. The van der Waals surface area contributed by atoms with E-state index in [0.29, 0.717) is 13.2 Å². The molecule has 2 N–H and O–H groups in total. The van der Waals surface area contributed by atoms with Gasteiger partial charge in [-0.3, -0.25) is 4.79 Å². The van der Waals surface area contributed by atoms with Gasteiger partial charge in [-0.15, -0.1) is 0 Å². The number of carbonyl (C=O) groups is 1. The van der Waals surface area contributed by atoms with Crippen LogP contribution in [0.3, 0.4) is 0 Å². The van der Waals surface area contributed by atoms with E-state index in [4.69, 9.17) is 15.3 Å². The summed E-state index contributed by atoms with van der Waals surface area (Å²) in [6.45, 7) is 7.10. The van der Waals surface area contributed by atoms with Crippen LogP contribution in [0.15, 0.2) is 53.6 Å². The number of unbranched alkanes of at least 4 members (excludes halogenated alkanes) is 2. The summed E-state index contributed by atoms with van der Waals surface area (Å²) in [5.74, 6) is 6.87. The summed E-state index contributed by atoms with van der Waals surface area (Å²) < 4.78 is 11.5. The summed E-state index contributed by atoms with van der Waals surface area (Å²) in [6.07, 6.45) is 6.48. The highest BCUT2D eigenvalue weighted by molar-refractivity contribution is 5.94. The van der Waals surface area contributed by atoms with Crippen molar-refractivity contribution in [2.75, 3.05) is 26.3 Å².